The van der Waals surface area contributed by atoms with Crippen molar-refractivity contribution < 1.29 is 18.7 Å². The fraction of sp³-hybridized carbons (Fsp3) is 0.0769. The SMILES string of the molecule is Cc1cc(-c2nc3cccc(C(=O)O)c3o2)co1. The Bertz CT molecular complexity index is 738. The molecule has 0 radical (unpaired) electrons. The third kappa shape index (κ3) is 1.57. The number of aryl methyl sites for hydroxylation is 1. The van der Waals surface area contributed by atoms with Crippen LogP contribution in [0.25, 0.3) is 22.6 Å². The Balaban J connectivity index is 2.22. The minimum Gasteiger partial charge on any atom is -0.478 e. The van der Waals surface area contributed by atoms with Gasteiger partial charge in [-0.1, -0.05) is 6.07 Å². The molecule has 0 spiro atoms. The molecule has 2 aromatic heterocycles. The molecule has 0 aliphatic heterocycles. The van der Waals surface area contributed by atoms with E-state index in [2.05, 4.69) is 4.98 Å². The van der Waals surface area contributed by atoms with Gasteiger partial charge in [0.05, 0.1) is 5.56 Å². The number of carboxylic acid groups (broad SMARTS) is 1. The Morgan fingerprint density at radius 1 is 1.39 bits per heavy atom. The van der Waals surface area contributed by atoms with Crippen LogP contribution in [0.15, 0.2) is 39.4 Å². The molecule has 0 bridgehead atoms. The molecule has 3 rings (SSSR count). The van der Waals surface area contributed by atoms with Crippen molar-refractivity contribution in [3.05, 3.63) is 41.9 Å². The van der Waals surface area contributed by atoms with Crippen LogP contribution in [0, 0.1) is 6.92 Å². The summed E-state index contributed by atoms with van der Waals surface area (Å²) in [4.78, 5) is 15.3. The van der Waals surface area contributed by atoms with Gasteiger partial charge in [-0.15, -0.1) is 0 Å². The number of carbonyl (C=O) groups is 1. The summed E-state index contributed by atoms with van der Waals surface area (Å²) >= 11 is 0. The van der Waals surface area contributed by atoms with Crippen LogP contribution in [0.1, 0.15) is 16.1 Å². The van der Waals surface area contributed by atoms with Crippen LogP contribution in [0.2, 0.25) is 0 Å². The number of furan rings is 1. The van der Waals surface area contributed by atoms with Gasteiger partial charge in [0.1, 0.15) is 23.1 Å². The van der Waals surface area contributed by atoms with E-state index in [9.17, 15) is 4.79 Å². The Kier molecular flexibility index (Phi) is 2.19. The van der Waals surface area contributed by atoms with Crippen molar-refractivity contribution in [2.45, 2.75) is 6.92 Å². The number of nitrogens with zero attached hydrogens (tertiary/aromatic N) is 1. The van der Waals surface area contributed by atoms with E-state index in [1.807, 2.05) is 6.92 Å². The van der Waals surface area contributed by atoms with Crippen molar-refractivity contribution in [1.29, 1.82) is 0 Å². The minimum absolute atomic E-state index is 0.103. The van der Waals surface area contributed by atoms with Gasteiger partial charge in [0, 0.05) is 0 Å². The smallest absolute Gasteiger partial charge is 0.339 e. The highest BCUT2D eigenvalue weighted by atomic mass is 16.4. The molecule has 3 aromatic rings. The minimum atomic E-state index is -1.04. The Hall–Kier alpha value is -2.56. The fourth-order valence-electron chi connectivity index (χ4n) is 1.80. The third-order valence-corrected chi connectivity index (χ3v) is 2.62. The molecule has 90 valence electrons. The van der Waals surface area contributed by atoms with Gasteiger partial charge in [0.15, 0.2) is 5.58 Å². The van der Waals surface area contributed by atoms with Crippen molar-refractivity contribution in [3.8, 4) is 11.5 Å². The van der Waals surface area contributed by atoms with Crippen LogP contribution in [0.3, 0.4) is 0 Å². The first kappa shape index (κ1) is 10.6. The van der Waals surface area contributed by atoms with E-state index in [-0.39, 0.29) is 11.1 Å². The summed E-state index contributed by atoms with van der Waals surface area (Å²) in [7, 11) is 0. The molecular weight excluding hydrogens is 234 g/mol. The number of carboxylic acids is 1. The van der Waals surface area contributed by atoms with E-state index < -0.39 is 5.97 Å². The summed E-state index contributed by atoms with van der Waals surface area (Å²) in [6.07, 6.45) is 1.53. The van der Waals surface area contributed by atoms with Crippen LogP contribution in [-0.4, -0.2) is 16.1 Å². The highest BCUT2D eigenvalue weighted by molar-refractivity contribution is 6.00. The third-order valence-electron chi connectivity index (χ3n) is 2.62. The molecule has 1 aromatic carbocycles. The van der Waals surface area contributed by atoms with Gasteiger partial charge in [-0.2, -0.15) is 0 Å². The first-order valence-electron chi connectivity index (χ1n) is 5.33. The van der Waals surface area contributed by atoms with E-state index in [0.717, 1.165) is 5.76 Å². The molecule has 5 nitrogen and oxygen atoms in total. The largest absolute Gasteiger partial charge is 0.478 e. The summed E-state index contributed by atoms with van der Waals surface area (Å²) in [6.45, 7) is 1.81. The van der Waals surface area contributed by atoms with Gasteiger partial charge in [-0.3, -0.25) is 0 Å². The topological polar surface area (TPSA) is 76.5 Å². The molecule has 0 fully saturated rings. The van der Waals surface area contributed by atoms with Gasteiger partial charge in [-0.05, 0) is 25.1 Å². The first-order chi connectivity index (χ1) is 8.65. The normalized spacial score (nSPS) is 10.9. The zero-order chi connectivity index (χ0) is 12.7. The van der Waals surface area contributed by atoms with Crippen molar-refractivity contribution >= 4 is 17.1 Å². The number of rotatable bonds is 2. The molecule has 0 unspecified atom stereocenters. The molecule has 0 saturated carbocycles. The molecule has 0 atom stereocenters. The lowest BCUT2D eigenvalue weighted by Crippen LogP contribution is -1.95. The predicted molar refractivity (Wildman–Crippen MR) is 63.4 cm³/mol. The lowest BCUT2D eigenvalue weighted by molar-refractivity contribution is 0.0698. The number of aromatic nitrogens is 1. The van der Waals surface area contributed by atoms with Gasteiger partial charge >= 0.3 is 5.97 Å². The monoisotopic (exact) mass is 243 g/mol. The number of hydrogen-bond donors (Lipinski definition) is 1. The van der Waals surface area contributed by atoms with Crippen LogP contribution in [-0.2, 0) is 0 Å². The van der Waals surface area contributed by atoms with Crippen LogP contribution in [0.4, 0.5) is 0 Å². The van der Waals surface area contributed by atoms with Crippen molar-refractivity contribution in [2.24, 2.45) is 0 Å². The summed E-state index contributed by atoms with van der Waals surface area (Å²) in [6, 6.07) is 6.62. The molecule has 2 heterocycles. The average Bonchev–Trinajstić information content (AvgIpc) is 2.93. The van der Waals surface area contributed by atoms with Gasteiger partial charge in [0.25, 0.3) is 0 Å². The zero-order valence-corrected chi connectivity index (χ0v) is 9.51. The van der Waals surface area contributed by atoms with E-state index in [4.69, 9.17) is 13.9 Å². The lowest BCUT2D eigenvalue weighted by Gasteiger charge is -1.92. The van der Waals surface area contributed by atoms with Crippen LogP contribution in [0.5, 0.6) is 0 Å². The number of aromatic carboxylic acids is 1. The summed E-state index contributed by atoms with van der Waals surface area (Å²) in [5, 5.41) is 9.06. The maximum Gasteiger partial charge on any atom is 0.339 e. The molecule has 0 aliphatic rings. The number of oxazole rings is 1. The van der Waals surface area contributed by atoms with E-state index >= 15 is 0 Å². The molecule has 0 aliphatic carbocycles. The Labute approximate surface area is 102 Å². The molecule has 1 N–H and O–H groups in total. The standard InChI is InChI=1S/C13H9NO4/c1-7-5-8(6-17-7)12-14-10-4-2-3-9(13(15)16)11(10)18-12/h2-6H,1H3,(H,15,16). The number of para-hydroxylation sites is 1. The number of fused-ring (bicyclic) bond motifs is 1. The van der Waals surface area contributed by atoms with Crippen molar-refractivity contribution in [2.75, 3.05) is 0 Å². The summed E-state index contributed by atoms with van der Waals surface area (Å²) in [5.74, 6) is 0.0629. The van der Waals surface area contributed by atoms with E-state index in [1.54, 1.807) is 18.2 Å². The Morgan fingerprint density at radius 2 is 2.22 bits per heavy atom. The van der Waals surface area contributed by atoms with Crippen molar-refractivity contribution in [1.82, 2.24) is 4.98 Å². The summed E-state index contributed by atoms with van der Waals surface area (Å²) < 4.78 is 10.7. The zero-order valence-electron chi connectivity index (χ0n) is 9.51. The highest BCUT2D eigenvalue weighted by Crippen LogP contribution is 2.27. The second-order valence-electron chi connectivity index (χ2n) is 3.92. The number of benzene rings is 1. The Morgan fingerprint density at radius 3 is 2.89 bits per heavy atom. The molecule has 0 amide bonds. The van der Waals surface area contributed by atoms with Crippen LogP contribution >= 0.6 is 0 Å². The maximum absolute atomic E-state index is 11.1. The van der Waals surface area contributed by atoms with E-state index in [1.165, 1.54) is 12.3 Å². The second-order valence-corrected chi connectivity index (χ2v) is 3.92. The average molecular weight is 243 g/mol. The van der Waals surface area contributed by atoms with Gasteiger partial charge in [0.2, 0.25) is 5.89 Å². The van der Waals surface area contributed by atoms with Crippen LogP contribution < -0.4 is 0 Å². The second kappa shape index (κ2) is 3.73. The predicted octanol–water partition coefficient (Wildman–Crippen LogP) is 3.09. The number of hydrogen-bond acceptors (Lipinski definition) is 4. The lowest BCUT2D eigenvalue weighted by atomic mass is 10.2. The van der Waals surface area contributed by atoms with Crippen molar-refractivity contribution in [3.63, 3.8) is 0 Å². The molecule has 18 heavy (non-hydrogen) atoms. The molecule has 5 heteroatoms. The summed E-state index contributed by atoms with van der Waals surface area (Å²) in [5.41, 5.74) is 1.59. The quantitative estimate of drug-likeness (QED) is 0.748. The fourth-order valence-corrected chi connectivity index (χ4v) is 1.80. The first-order valence-corrected chi connectivity index (χ1v) is 5.33. The van der Waals surface area contributed by atoms with E-state index in [0.29, 0.717) is 17.0 Å². The van der Waals surface area contributed by atoms with Gasteiger partial charge in [-0.25, -0.2) is 9.78 Å². The maximum atomic E-state index is 11.1. The van der Waals surface area contributed by atoms with Gasteiger partial charge < -0.3 is 13.9 Å². The molecular formula is C13H9NO4. The molecule has 0 saturated heterocycles. The highest BCUT2D eigenvalue weighted by Gasteiger charge is 2.16.